The summed E-state index contributed by atoms with van der Waals surface area (Å²) in [6.45, 7) is 1.67. The fourth-order valence-corrected chi connectivity index (χ4v) is 1.70. The maximum Gasteiger partial charge on any atom is 0.173 e. The lowest BCUT2D eigenvalue weighted by Crippen LogP contribution is -2.20. The van der Waals surface area contributed by atoms with Crippen LogP contribution >= 0.6 is 11.6 Å². The standard InChI is InChI=1S/C10H11ClFNO/c11-8-2-1-3-9(12)10(8)14-7-4-5-13-6-7/h1-3,7,13H,4-6H2. The van der Waals surface area contributed by atoms with Crippen molar-refractivity contribution in [3.63, 3.8) is 0 Å². The average Bonchev–Trinajstić information content (AvgIpc) is 2.64. The van der Waals surface area contributed by atoms with Crippen LogP contribution in [0, 0.1) is 5.82 Å². The summed E-state index contributed by atoms with van der Waals surface area (Å²) in [6.07, 6.45) is 0.925. The zero-order valence-electron chi connectivity index (χ0n) is 7.59. The normalized spacial score (nSPS) is 21.1. The lowest BCUT2D eigenvalue weighted by atomic mass is 10.3. The van der Waals surface area contributed by atoms with Crippen molar-refractivity contribution < 1.29 is 9.13 Å². The Hall–Kier alpha value is -0.800. The van der Waals surface area contributed by atoms with Gasteiger partial charge in [-0.2, -0.15) is 0 Å². The van der Waals surface area contributed by atoms with Crippen LogP contribution in [0.5, 0.6) is 5.75 Å². The molecule has 14 heavy (non-hydrogen) atoms. The Morgan fingerprint density at radius 3 is 3.00 bits per heavy atom. The second-order valence-electron chi connectivity index (χ2n) is 3.28. The Kier molecular flexibility index (Phi) is 2.89. The van der Waals surface area contributed by atoms with Crippen LogP contribution < -0.4 is 10.1 Å². The van der Waals surface area contributed by atoms with Crippen molar-refractivity contribution in [2.75, 3.05) is 13.1 Å². The molecule has 0 amide bonds. The molecule has 1 aliphatic rings. The fraction of sp³-hybridized carbons (Fsp3) is 0.400. The molecule has 0 radical (unpaired) electrons. The topological polar surface area (TPSA) is 21.3 Å². The summed E-state index contributed by atoms with van der Waals surface area (Å²) in [5.74, 6) is -0.229. The summed E-state index contributed by atoms with van der Waals surface area (Å²) in [5.41, 5.74) is 0. The first kappa shape index (κ1) is 9.74. The molecule has 76 valence electrons. The lowest BCUT2D eigenvalue weighted by Gasteiger charge is -2.13. The molecule has 1 saturated heterocycles. The zero-order chi connectivity index (χ0) is 9.97. The van der Waals surface area contributed by atoms with Crippen molar-refractivity contribution in [2.24, 2.45) is 0 Å². The molecule has 1 atom stereocenters. The molecule has 0 saturated carbocycles. The Balaban J connectivity index is 2.14. The van der Waals surface area contributed by atoms with Gasteiger partial charge in [-0.15, -0.1) is 0 Å². The third-order valence-electron chi connectivity index (χ3n) is 2.22. The Morgan fingerprint density at radius 1 is 1.50 bits per heavy atom. The van der Waals surface area contributed by atoms with Gasteiger partial charge in [0.25, 0.3) is 0 Å². The van der Waals surface area contributed by atoms with E-state index >= 15 is 0 Å². The van der Waals surface area contributed by atoms with Crippen molar-refractivity contribution in [3.8, 4) is 5.75 Å². The van der Waals surface area contributed by atoms with Crippen molar-refractivity contribution in [3.05, 3.63) is 29.0 Å². The molecule has 0 spiro atoms. The fourth-order valence-electron chi connectivity index (χ4n) is 1.49. The van der Waals surface area contributed by atoms with Crippen molar-refractivity contribution in [1.82, 2.24) is 5.32 Å². The van der Waals surface area contributed by atoms with Crippen LogP contribution in [0.4, 0.5) is 4.39 Å². The van der Waals surface area contributed by atoms with Gasteiger partial charge in [-0.05, 0) is 25.1 Å². The zero-order valence-corrected chi connectivity index (χ0v) is 8.35. The van der Waals surface area contributed by atoms with Crippen molar-refractivity contribution in [1.29, 1.82) is 0 Å². The van der Waals surface area contributed by atoms with Gasteiger partial charge in [0, 0.05) is 6.54 Å². The summed E-state index contributed by atoms with van der Waals surface area (Å²) < 4.78 is 18.7. The quantitative estimate of drug-likeness (QED) is 0.817. The highest BCUT2D eigenvalue weighted by atomic mass is 35.5. The number of hydrogen-bond acceptors (Lipinski definition) is 2. The molecule has 1 unspecified atom stereocenters. The van der Waals surface area contributed by atoms with Crippen LogP contribution in [0.3, 0.4) is 0 Å². The first-order valence-electron chi connectivity index (χ1n) is 4.59. The van der Waals surface area contributed by atoms with Gasteiger partial charge < -0.3 is 10.1 Å². The molecule has 2 nitrogen and oxygen atoms in total. The smallest absolute Gasteiger partial charge is 0.173 e. The summed E-state index contributed by atoms with van der Waals surface area (Å²) in [4.78, 5) is 0. The van der Waals surface area contributed by atoms with E-state index in [-0.39, 0.29) is 11.9 Å². The van der Waals surface area contributed by atoms with E-state index in [0.717, 1.165) is 19.5 Å². The maximum absolute atomic E-state index is 13.3. The van der Waals surface area contributed by atoms with E-state index in [2.05, 4.69) is 5.32 Å². The molecular formula is C10H11ClFNO. The number of hydrogen-bond donors (Lipinski definition) is 1. The molecule has 1 heterocycles. The number of nitrogens with one attached hydrogen (secondary N) is 1. The summed E-state index contributed by atoms with van der Waals surface area (Å²) in [7, 11) is 0. The van der Waals surface area contributed by atoms with E-state index < -0.39 is 5.82 Å². The Bertz CT molecular complexity index is 306. The number of halogens is 2. The number of ether oxygens (including phenoxy) is 1. The van der Waals surface area contributed by atoms with Gasteiger partial charge in [0.05, 0.1) is 5.02 Å². The molecule has 1 aliphatic heterocycles. The molecule has 1 fully saturated rings. The minimum absolute atomic E-state index is 0.0319. The lowest BCUT2D eigenvalue weighted by molar-refractivity contribution is 0.213. The van der Waals surface area contributed by atoms with Gasteiger partial charge in [0.2, 0.25) is 0 Å². The second-order valence-corrected chi connectivity index (χ2v) is 3.69. The van der Waals surface area contributed by atoms with Crippen LogP contribution in [0.2, 0.25) is 5.02 Å². The van der Waals surface area contributed by atoms with E-state index in [1.54, 1.807) is 12.1 Å². The average molecular weight is 216 g/mol. The Labute approximate surface area is 87.0 Å². The summed E-state index contributed by atoms with van der Waals surface area (Å²) >= 11 is 5.82. The van der Waals surface area contributed by atoms with Gasteiger partial charge in [0.1, 0.15) is 6.10 Å². The number of benzene rings is 1. The van der Waals surface area contributed by atoms with Gasteiger partial charge >= 0.3 is 0 Å². The van der Waals surface area contributed by atoms with Crippen LogP contribution in [0.15, 0.2) is 18.2 Å². The minimum atomic E-state index is -0.399. The van der Waals surface area contributed by atoms with E-state index in [9.17, 15) is 4.39 Å². The van der Waals surface area contributed by atoms with Crippen molar-refractivity contribution >= 4 is 11.6 Å². The third-order valence-corrected chi connectivity index (χ3v) is 2.52. The van der Waals surface area contributed by atoms with E-state index in [4.69, 9.17) is 16.3 Å². The summed E-state index contributed by atoms with van der Waals surface area (Å²) in [5, 5.41) is 3.47. The molecular weight excluding hydrogens is 205 g/mol. The molecule has 0 aliphatic carbocycles. The molecule has 2 rings (SSSR count). The summed E-state index contributed by atoms with van der Waals surface area (Å²) in [6, 6.07) is 4.55. The molecule has 1 aromatic carbocycles. The highest BCUT2D eigenvalue weighted by Crippen LogP contribution is 2.28. The first-order chi connectivity index (χ1) is 6.77. The van der Waals surface area contributed by atoms with Gasteiger partial charge in [-0.1, -0.05) is 17.7 Å². The van der Waals surface area contributed by atoms with E-state index in [0.29, 0.717) is 5.02 Å². The Morgan fingerprint density at radius 2 is 2.36 bits per heavy atom. The van der Waals surface area contributed by atoms with Gasteiger partial charge in [0.15, 0.2) is 11.6 Å². The highest BCUT2D eigenvalue weighted by Gasteiger charge is 2.19. The molecule has 0 aromatic heterocycles. The molecule has 4 heteroatoms. The van der Waals surface area contributed by atoms with Gasteiger partial charge in [-0.25, -0.2) is 4.39 Å². The van der Waals surface area contributed by atoms with Gasteiger partial charge in [-0.3, -0.25) is 0 Å². The van der Waals surface area contributed by atoms with E-state index in [1.807, 2.05) is 0 Å². The molecule has 0 bridgehead atoms. The largest absolute Gasteiger partial charge is 0.484 e. The maximum atomic E-state index is 13.3. The third kappa shape index (κ3) is 1.99. The SMILES string of the molecule is Fc1cccc(Cl)c1OC1CCNC1. The highest BCUT2D eigenvalue weighted by molar-refractivity contribution is 6.32. The molecule has 1 aromatic rings. The van der Waals surface area contributed by atoms with E-state index in [1.165, 1.54) is 6.07 Å². The number of rotatable bonds is 2. The predicted molar refractivity (Wildman–Crippen MR) is 53.3 cm³/mol. The van der Waals surface area contributed by atoms with Crippen molar-refractivity contribution in [2.45, 2.75) is 12.5 Å². The van der Waals surface area contributed by atoms with Crippen LogP contribution in [-0.4, -0.2) is 19.2 Å². The van der Waals surface area contributed by atoms with Crippen LogP contribution in [0.25, 0.3) is 0 Å². The second kappa shape index (κ2) is 4.15. The van der Waals surface area contributed by atoms with Crippen LogP contribution in [0.1, 0.15) is 6.42 Å². The molecule has 1 N–H and O–H groups in total. The minimum Gasteiger partial charge on any atom is -0.484 e. The predicted octanol–water partition coefficient (Wildman–Crippen LogP) is 2.22. The van der Waals surface area contributed by atoms with Crippen LogP contribution in [-0.2, 0) is 0 Å². The first-order valence-corrected chi connectivity index (χ1v) is 4.96. The monoisotopic (exact) mass is 215 g/mol. The number of para-hydroxylation sites is 1.